The van der Waals surface area contributed by atoms with Crippen LogP contribution in [-0.2, 0) is 14.8 Å². The van der Waals surface area contributed by atoms with Gasteiger partial charge in [-0.2, -0.15) is 0 Å². The zero-order valence-corrected chi connectivity index (χ0v) is 18.0. The summed E-state index contributed by atoms with van der Waals surface area (Å²) in [5, 5.41) is 0. The Labute approximate surface area is 172 Å². The normalized spacial score (nSPS) is 14.9. The van der Waals surface area contributed by atoms with E-state index in [2.05, 4.69) is 14.6 Å². The van der Waals surface area contributed by atoms with Crippen LogP contribution in [0.4, 0.5) is 5.82 Å². The van der Waals surface area contributed by atoms with Gasteiger partial charge in [-0.25, -0.2) is 18.1 Å². The summed E-state index contributed by atoms with van der Waals surface area (Å²) >= 11 is 0. The standard InChI is InChI=1S/C21H28N4O3S/c1-16-14-17(2)21(18(3)15-16)29(27,28)23-9-7-20(26)25-12-10-24(11-13-25)19-6-4-5-8-22-19/h4-6,8,14-15,23H,7,9-13H2,1-3H3. The maximum atomic E-state index is 12.7. The predicted octanol–water partition coefficient (Wildman–Crippen LogP) is 2.02. The predicted molar refractivity (Wildman–Crippen MR) is 113 cm³/mol. The van der Waals surface area contributed by atoms with Gasteiger partial charge in [0.25, 0.3) is 0 Å². The number of carbonyl (C=O) groups is 1. The number of pyridine rings is 1. The van der Waals surface area contributed by atoms with Crippen molar-refractivity contribution in [3.05, 3.63) is 53.2 Å². The molecule has 1 saturated heterocycles. The highest BCUT2D eigenvalue weighted by atomic mass is 32.2. The van der Waals surface area contributed by atoms with Crippen molar-refractivity contribution < 1.29 is 13.2 Å². The fourth-order valence-corrected chi connectivity index (χ4v) is 5.32. The second-order valence-corrected chi connectivity index (χ2v) is 9.14. The summed E-state index contributed by atoms with van der Waals surface area (Å²) in [4.78, 5) is 21.1. The smallest absolute Gasteiger partial charge is 0.241 e. The lowest BCUT2D eigenvalue weighted by molar-refractivity contribution is -0.131. The summed E-state index contributed by atoms with van der Waals surface area (Å²) in [6.45, 7) is 8.27. The lowest BCUT2D eigenvalue weighted by Gasteiger charge is -2.35. The SMILES string of the molecule is Cc1cc(C)c(S(=O)(=O)NCCC(=O)N2CCN(c3ccccn3)CC2)c(C)c1. The van der Waals surface area contributed by atoms with Crippen LogP contribution in [0.2, 0.25) is 0 Å². The highest BCUT2D eigenvalue weighted by molar-refractivity contribution is 7.89. The minimum Gasteiger partial charge on any atom is -0.353 e. The minimum atomic E-state index is -3.65. The number of aromatic nitrogens is 1. The number of carbonyl (C=O) groups excluding carboxylic acids is 1. The number of nitrogens with one attached hydrogen (secondary N) is 1. The number of hydrogen-bond donors (Lipinski definition) is 1. The third kappa shape index (κ3) is 5.13. The van der Waals surface area contributed by atoms with Crippen LogP contribution in [0.3, 0.4) is 0 Å². The Morgan fingerprint density at radius 3 is 2.31 bits per heavy atom. The van der Waals surface area contributed by atoms with Gasteiger partial charge >= 0.3 is 0 Å². The first-order valence-corrected chi connectivity index (χ1v) is 11.3. The van der Waals surface area contributed by atoms with Crippen molar-refractivity contribution in [2.24, 2.45) is 0 Å². The molecule has 3 rings (SSSR count). The van der Waals surface area contributed by atoms with E-state index in [0.717, 1.165) is 24.5 Å². The summed E-state index contributed by atoms with van der Waals surface area (Å²) in [6, 6.07) is 9.50. The maximum absolute atomic E-state index is 12.7. The van der Waals surface area contributed by atoms with Crippen molar-refractivity contribution in [3.63, 3.8) is 0 Å². The highest BCUT2D eigenvalue weighted by Gasteiger charge is 2.23. The van der Waals surface area contributed by atoms with Gasteiger partial charge in [0.1, 0.15) is 5.82 Å². The van der Waals surface area contributed by atoms with Crippen LogP contribution in [0, 0.1) is 20.8 Å². The van der Waals surface area contributed by atoms with Crippen molar-refractivity contribution in [1.29, 1.82) is 0 Å². The summed E-state index contributed by atoms with van der Waals surface area (Å²) in [5.41, 5.74) is 2.46. The van der Waals surface area contributed by atoms with Crippen LogP contribution < -0.4 is 9.62 Å². The lowest BCUT2D eigenvalue weighted by atomic mass is 10.1. The number of benzene rings is 1. The maximum Gasteiger partial charge on any atom is 0.241 e. The first kappa shape index (κ1) is 21.3. The molecule has 1 aromatic carbocycles. The molecule has 2 heterocycles. The zero-order chi connectivity index (χ0) is 21.0. The molecule has 0 radical (unpaired) electrons. The Kier molecular flexibility index (Phi) is 6.54. The van der Waals surface area contributed by atoms with Gasteiger partial charge in [-0.15, -0.1) is 0 Å². The molecule has 0 aliphatic carbocycles. The fraction of sp³-hybridized carbons (Fsp3) is 0.429. The molecule has 29 heavy (non-hydrogen) atoms. The van der Waals surface area contributed by atoms with Crippen LogP contribution in [0.5, 0.6) is 0 Å². The average molecular weight is 417 g/mol. The Morgan fingerprint density at radius 2 is 1.72 bits per heavy atom. The molecule has 0 atom stereocenters. The van der Waals surface area contributed by atoms with E-state index >= 15 is 0 Å². The first-order valence-electron chi connectivity index (χ1n) is 9.79. The molecule has 2 aromatic rings. The Morgan fingerprint density at radius 1 is 1.07 bits per heavy atom. The summed E-state index contributed by atoms with van der Waals surface area (Å²) in [6.07, 6.45) is 1.91. The molecule has 0 unspecified atom stereocenters. The molecule has 1 N–H and O–H groups in total. The van der Waals surface area contributed by atoms with E-state index in [1.54, 1.807) is 24.9 Å². The Bertz CT molecular complexity index is 946. The van der Waals surface area contributed by atoms with Crippen molar-refractivity contribution >= 4 is 21.7 Å². The van der Waals surface area contributed by atoms with Crippen molar-refractivity contribution in [3.8, 4) is 0 Å². The van der Waals surface area contributed by atoms with E-state index in [4.69, 9.17) is 0 Å². The Hall–Kier alpha value is -2.45. The molecular weight excluding hydrogens is 388 g/mol. The van der Waals surface area contributed by atoms with E-state index in [-0.39, 0.29) is 18.9 Å². The third-order valence-electron chi connectivity index (χ3n) is 5.11. The highest BCUT2D eigenvalue weighted by Crippen LogP contribution is 2.21. The van der Waals surface area contributed by atoms with Crippen LogP contribution in [0.1, 0.15) is 23.1 Å². The van der Waals surface area contributed by atoms with E-state index in [0.29, 0.717) is 29.1 Å². The lowest BCUT2D eigenvalue weighted by Crippen LogP contribution is -2.49. The quantitative estimate of drug-likeness (QED) is 0.779. The summed E-state index contributed by atoms with van der Waals surface area (Å²) < 4.78 is 28.0. The van der Waals surface area contributed by atoms with Gasteiger partial charge in [-0.3, -0.25) is 4.79 Å². The molecule has 0 bridgehead atoms. The molecular formula is C21H28N4O3S. The molecule has 8 heteroatoms. The second kappa shape index (κ2) is 8.92. The number of rotatable bonds is 6. The van der Waals surface area contributed by atoms with Gasteiger partial charge in [0, 0.05) is 45.3 Å². The molecule has 0 saturated carbocycles. The van der Waals surface area contributed by atoms with Gasteiger partial charge in [-0.05, 0) is 44.0 Å². The van der Waals surface area contributed by atoms with Crippen LogP contribution in [0.25, 0.3) is 0 Å². The number of aryl methyl sites for hydroxylation is 3. The zero-order valence-electron chi connectivity index (χ0n) is 17.2. The van der Waals surface area contributed by atoms with Crippen LogP contribution in [0.15, 0.2) is 41.4 Å². The van der Waals surface area contributed by atoms with Crippen molar-refractivity contribution in [2.75, 3.05) is 37.6 Å². The van der Waals surface area contributed by atoms with Crippen LogP contribution >= 0.6 is 0 Å². The van der Waals surface area contributed by atoms with Gasteiger partial charge in [0.05, 0.1) is 4.90 Å². The fourth-order valence-electron chi connectivity index (χ4n) is 3.84. The topological polar surface area (TPSA) is 82.6 Å². The van der Waals surface area contributed by atoms with E-state index in [9.17, 15) is 13.2 Å². The van der Waals surface area contributed by atoms with Crippen molar-refractivity contribution in [1.82, 2.24) is 14.6 Å². The number of amides is 1. The van der Waals surface area contributed by atoms with E-state index < -0.39 is 10.0 Å². The summed E-state index contributed by atoms with van der Waals surface area (Å²) in [5.74, 6) is 0.877. The first-order chi connectivity index (χ1) is 13.8. The molecule has 156 valence electrons. The molecule has 1 aromatic heterocycles. The number of sulfonamides is 1. The largest absolute Gasteiger partial charge is 0.353 e. The molecule has 1 amide bonds. The van der Waals surface area contributed by atoms with Gasteiger partial charge in [0.15, 0.2) is 0 Å². The average Bonchev–Trinajstić information content (AvgIpc) is 2.67. The summed E-state index contributed by atoms with van der Waals surface area (Å²) in [7, 11) is -3.65. The van der Waals surface area contributed by atoms with Gasteiger partial charge in [0.2, 0.25) is 15.9 Å². The minimum absolute atomic E-state index is 0.0364. The monoisotopic (exact) mass is 416 g/mol. The molecule has 1 fully saturated rings. The van der Waals surface area contributed by atoms with Crippen molar-refractivity contribution in [2.45, 2.75) is 32.1 Å². The van der Waals surface area contributed by atoms with Gasteiger partial charge < -0.3 is 9.80 Å². The number of anilines is 1. The van der Waals surface area contributed by atoms with E-state index in [1.165, 1.54) is 0 Å². The van der Waals surface area contributed by atoms with Gasteiger partial charge in [-0.1, -0.05) is 23.8 Å². The number of hydrogen-bond acceptors (Lipinski definition) is 5. The van der Waals surface area contributed by atoms with Crippen LogP contribution in [-0.4, -0.2) is 56.9 Å². The van der Waals surface area contributed by atoms with E-state index in [1.807, 2.05) is 37.3 Å². The molecule has 1 aliphatic heterocycles. The Balaban J connectivity index is 1.51. The number of piperazine rings is 1. The second-order valence-electron chi connectivity index (χ2n) is 7.43. The number of nitrogens with zero attached hydrogens (tertiary/aromatic N) is 3. The third-order valence-corrected chi connectivity index (χ3v) is 6.88. The molecule has 0 spiro atoms. The molecule has 7 nitrogen and oxygen atoms in total. The molecule has 1 aliphatic rings.